The molecule has 0 aliphatic heterocycles. The number of thiocarbonyl (C=S) groups is 1. The van der Waals surface area contributed by atoms with E-state index in [0.717, 1.165) is 30.0 Å². The summed E-state index contributed by atoms with van der Waals surface area (Å²) in [5.41, 5.74) is 3.68. The lowest BCUT2D eigenvalue weighted by molar-refractivity contribution is 0.102. The van der Waals surface area contributed by atoms with Crippen molar-refractivity contribution in [1.82, 2.24) is 10.2 Å². The number of hydrogen-bond donors (Lipinski definition) is 2. The Morgan fingerprint density at radius 3 is 2.44 bits per heavy atom. The third kappa shape index (κ3) is 6.31. The van der Waals surface area contributed by atoms with Crippen LogP contribution in [-0.4, -0.2) is 36.6 Å². The van der Waals surface area contributed by atoms with E-state index in [4.69, 9.17) is 17.0 Å². The largest absolute Gasteiger partial charge is 0.497 e. The fourth-order valence-electron chi connectivity index (χ4n) is 3.30. The number of nitrogens with zero attached hydrogens (tertiary/aromatic N) is 1. The first-order valence-electron chi connectivity index (χ1n) is 10.6. The molecule has 0 saturated heterocycles. The molecular formula is C26H29N3O2S. The lowest BCUT2D eigenvalue weighted by Gasteiger charge is -2.28. The van der Waals surface area contributed by atoms with Gasteiger partial charge in [0.15, 0.2) is 5.11 Å². The highest BCUT2D eigenvalue weighted by Crippen LogP contribution is 2.22. The van der Waals surface area contributed by atoms with Gasteiger partial charge in [-0.25, -0.2) is 0 Å². The monoisotopic (exact) mass is 447 g/mol. The van der Waals surface area contributed by atoms with Crippen molar-refractivity contribution in [2.45, 2.75) is 19.4 Å². The predicted molar refractivity (Wildman–Crippen MR) is 134 cm³/mol. The normalized spacial score (nSPS) is 11.3. The van der Waals surface area contributed by atoms with Crippen LogP contribution in [0.1, 0.15) is 34.5 Å². The number of amides is 1. The van der Waals surface area contributed by atoms with Gasteiger partial charge in [0.25, 0.3) is 5.91 Å². The highest BCUT2D eigenvalue weighted by atomic mass is 32.1. The van der Waals surface area contributed by atoms with Crippen molar-refractivity contribution in [3.63, 3.8) is 0 Å². The highest BCUT2D eigenvalue weighted by Gasteiger charge is 2.15. The first-order valence-corrected chi connectivity index (χ1v) is 11.0. The van der Waals surface area contributed by atoms with Crippen LogP contribution < -0.4 is 15.4 Å². The minimum absolute atomic E-state index is 0.0459. The Bertz CT molecular complexity index is 1040. The zero-order valence-electron chi connectivity index (χ0n) is 18.7. The Kier molecular flexibility index (Phi) is 8.22. The highest BCUT2D eigenvalue weighted by molar-refractivity contribution is 7.80. The smallest absolute Gasteiger partial charge is 0.255 e. The third-order valence-corrected chi connectivity index (χ3v) is 5.85. The maximum absolute atomic E-state index is 12.4. The molecule has 0 saturated carbocycles. The number of ether oxygens (including phenoxy) is 1. The van der Waals surface area contributed by atoms with E-state index in [1.54, 1.807) is 19.2 Å². The van der Waals surface area contributed by atoms with Crippen LogP contribution in [0.25, 0.3) is 0 Å². The van der Waals surface area contributed by atoms with Gasteiger partial charge >= 0.3 is 0 Å². The van der Waals surface area contributed by atoms with E-state index in [1.165, 1.54) is 5.56 Å². The Morgan fingerprint density at radius 2 is 1.75 bits per heavy atom. The maximum atomic E-state index is 12.4. The fraction of sp³-hybridized carbons (Fsp3) is 0.231. The average Bonchev–Trinajstić information content (AvgIpc) is 2.84. The minimum atomic E-state index is -0.125. The molecule has 1 unspecified atom stereocenters. The van der Waals surface area contributed by atoms with Gasteiger partial charge < -0.3 is 20.3 Å². The minimum Gasteiger partial charge on any atom is -0.497 e. The number of methoxy groups -OCH3 is 1. The van der Waals surface area contributed by atoms with Gasteiger partial charge in [-0.1, -0.05) is 42.5 Å². The molecular weight excluding hydrogens is 418 g/mol. The lowest BCUT2D eigenvalue weighted by Crippen LogP contribution is -2.39. The molecule has 0 bridgehead atoms. The average molecular weight is 448 g/mol. The second-order valence-corrected chi connectivity index (χ2v) is 7.95. The molecule has 3 aromatic rings. The van der Waals surface area contributed by atoms with Gasteiger partial charge in [0.05, 0.1) is 13.2 Å². The summed E-state index contributed by atoms with van der Waals surface area (Å²) in [6, 6.07) is 25.2. The van der Waals surface area contributed by atoms with Gasteiger partial charge in [-0.2, -0.15) is 0 Å². The molecule has 32 heavy (non-hydrogen) atoms. The van der Waals surface area contributed by atoms with Crippen LogP contribution in [0.5, 0.6) is 5.75 Å². The molecule has 5 nitrogen and oxygen atoms in total. The zero-order valence-corrected chi connectivity index (χ0v) is 19.5. The van der Waals surface area contributed by atoms with E-state index in [2.05, 4.69) is 29.7 Å². The fourth-order valence-corrected chi connectivity index (χ4v) is 3.56. The van der Waals surface area contributed by atoms with Crippen molar-refractivity contribution in [2.75, 3.05) is 26.0 Å². The van der Waals surface area contributed by atoms with Crippen molar-refractivity contribution in [2.24, 2.45) is 0 Å². The Labute approximate surface area is 195 Å². The predicted octanol–water partition coefficient (Wildman–Crippen LogP) is 5.06. The van der Waals surface area contributed by atoms with Crippen LogP contribution in [0.2, 0.25) is 0 Å². The maximum Gasteiger partial charge on any atom is 0.255 e. The second-order valence-electron chi connectivity index (χ2n) is 7.56. The van der Waals surface area contributed by atoms with Crippen LogP contribution in [0.4, 0.5) is 5.69 Å². The Morgan fingerprint density at radius 1 is 1.03 bits per heavy atom. The summed E-state index contributed by atoms with van der Waals surface area (Å²) in [4.78, 5) is 14.5. The summed E-state index contributed by atoms with van der Waals surface area (Å²) in [7, 11) is 3.64. The molecule has 166 valence electrons. The van der Waals surface area contributed by atoms with Crippen molar-refractivity contribution in [1.29, 1.82) is 0 Å². The summed E-state index contributed by atoms with van der Waals surface area (Å²) >= 11 is 5.60. The Hall–Kier alpha value is -3.38. The van der Waals surface area contributed by atoms with Crippen molar-refractivity contribution in [3.05, 3.63) is 95.6 Å². The summed E-state index contributed by atoms with van der Waals surface area (Å²) in [5.74, 6) is 0.729. The molecule has 0 fully saturated rings. The molecule has 0 aromatic heterocycles. The number of hydrogen-bond acceptors (Lipinski definition) is 3. The van der Waals surface area contributed by atoms with Gasteiger partial charge in [0.1, 0.15) is 5.75 Å². The number of anilines is 1. The first-order chi connectivity index (χ1) is 15.5. The molecule has 0 aliphatic carbocycles. The van der Waals surface area contributed by atoms with Crippen LogP contribution in [-0.2, 0) is 6.42 Å². The number of benzene rings is 3. The molecule has 0 radical (unpaired) electrons. The number of carbonyl (C=O) groups excluding carboxylic acids is 1. The van der Waals surface area contributed by atoms with E-state index in [1.807, 2.05) is 66.5 Å². The second kappa shape index (κ2) is 11.3. The van der Waals surface area contributed by atoms with Crippen LogP contribution in [0.15, 0.2) is 78.9 Å². The van der Waals surface area contributed by atoms with E-state index < -0.39 is 0 Å². The van der Waals surface area contributed by atoms with Crippen molar-refractivity contribution in [3.8, 4) is 5.75 Å². The molecule has 6 heteroatoms. The number of carbonyl (C=O) groups is 1. The molecule has 1 atom stereocenters. The van der Waals surface area contributed by atoms with Gasteiger partial charge in [-0.3, -0.25) is 4.79 Å². The molecule has 2 N–H and O–H groups in total. The van der Waals surface area contributed by atoms with Gasteiger partial charge in [0, 0.05) is 24.8 Å². The summed E-state index contributed by atoms with van der Waals surface area (Å²) in [6.07, 6.45) is 0.868. The van der Waals surface area contributed by atoms with Crippen LogP contribution >= 0.6 is 12.2 Å². The molecule has 0 aliphatic rings. The van der Waals surface area contributed by atoms with Gasteiger partial charge in [-0.05, 0) is 73.1 Å². The molecule has 0 heterocycles. The lowest BCUT2D eigenvalue weighted by atomic mass is 10.1. The standard InChI is InChI=1S/C26H29N3O2S/c1-19(29(2)26(32)27-17-16-20-12-14-24(31-3)15-13-20)22-10-7-11-23(18-22)28-25(30)21-8-5-4-6-9-21/h4-15,18-19H,16-17H2,1-3H3,(H,27,32)(H,28,30). The SMILES string of the molecule is COc1ccc(CCNC(=S)N(C)C(C)c2cccc(NC(=O)c3ccccc3)c2)cc1. The quantitative estimate of drug-likeness (QED) is 0.473. The Balaban J connectivity index is 1.54. The van der Waals surface area contributed by atoms with Crippen molar-refractivity contribution < 1.29 is 9.53 Å². The molecule has 3 rings (SSSR count). The van der Waals surface area contributed by atoms with Crippen LogP contribution in [0, 0.1) is 0 Å². The van der Waals surface area contributed by atoms with Gasteiger partial charge in [-0.15, -0.1) is 0 Å². The van der Waals surface area contributed by atoms with E-state index in [0.29, 0.717) is 10.7 Å². The zero-order chi connectivity index (χ0) is 22.9. The van der Waals surface area contributed by atoms with E-state index in [-0.39, 0.29) is 11.9 Å². The van der Waals surface area contributed by atoms with Crippen molar-refractivity contribution >= 4 is 28.9 Å². The molecule has 1 amide bonds. The summed E-state index contributed by atoms with van der Waals surface area (Å²) in [6.45, 7) is 2.84. The summed E-state index contributed by atoms with van der Waals surface area (Å²) in [5, 5.41) is 6.99. The number of rotatable bonds is 8. The number of nitrogens with one attached hydrogen (secondary N) is 2. The summed E-state index contributed by atoms with van der Waals surface area (Å²) < 4.78 is 5.20. The molecule has 3 aromatic carbocycles. The van der Waals surface area contributed by atoms with Crippen LogP contribution in [0.3, 0.4) is 0 Å². The topological polar surface area (TPSA) is 53.6 Å². The molecule has 0 spiro atoms. The first kappa shape index (κ1) is 23.3. The van der Waals surface area contributed by atoms with Gasteiger partial charge in [0.2, 0.25) is 0 Å². The van der Waals surface area contributed by atoms with E-state index >= 15 is 0 Å². The van der Waals surface area contributed by atoms with E-state index in [9.17, 15) is 4.79 Å². The third-order valence-electron chi connectivity index (χ3n) is 5.41.